The first kappa shape index (κ1) is 19.4. The van der Waals surface area contributed by atoms with Crippen LogP contribution in [0.2, 0.25) is 0 Å². The number of hydrogen-bond acceptors (Lipinski definition) is 4. The van der Waals surface area contributed by atoms with Crippen LogP contribution in [0.1, 0.15) is 29.8 Å². The first-order valence-corrected chi connectivity index (χ1v) is 8.27. The summed E-state index contributed by atoms with van der Waals surface area (Å²) >= 11 is 0. The molecule has 7 heteroatoms. The minimum Gasteiger partial charge on any atom is -0.381 e. The number of nitrogens with one attached hydrogen (secondary N) is 1. The molecule has 0 saturated carbocycles. The van der Waals surface area contributed by atoms with Gasteiger partial charge >= 0.3 is 0 Å². The summed E-state index contributed by atoms with van der Waals surface area (Å²) in [5, 5.41) is 7.59. The van der Waals surface area contributed by atoms with E-state index in [-0.39, 0.29) is 18.3 Å². The van der Waals surface area contributed by atoms with Crippen molar-refractivity contribution in [1.29, 1.82) is 0 Å². The highest BCUT2D eigenvalue weighted by Gasteiger charge is 2.35. The highest BCUT2D eigenvalue weighted by molar-refractivity contribution is 5.86. The minimum absolute atomic E-state index is 0. The molecule has 1 fully saturated rings. The third-order valence-corrected chi connectivity index (χ3v) is 4.70. The summed E-state index contributed by atoms with van der Waals surface area (Å²) in [6, 6.07) is 9.97. The monoisotopic (exact) mass is 364 g/mol. The van der Waals surface area contributed by atoms with Crippen LogP contribution in [-0.2, 0) is 16.1 Å². The number of rotatable bonds is 4. The van der Waals surface area contributed by atoms with E-state index in [0.29, 0.717) is 32.6 Å². The first-order chi connectivity index (χ1) is 11.5. The molecule has 2 heterocycles. The van der Waals surface area contributed by atoms with E-state index < -0.39 is 5.54 Å². The van der Waals surface area contributed by atoms with E-state index in [4.69, 9.17) is 10.5 Å². The maximum absolute atomic E-state index is 12.5. The van der Waals surface area contributed by atoms with Gasteiger partial charge < -0.3 is 15.8 Å². The number of nitrogens with zero attached hydrogens (tertiary/aromatic N) is 2. The first-order valence-electron chi connectivity index (χ1n) is 8.27. The molecule has 0 bridgehead atoms. The van der Waals surface area contributed by atoms with E-state index >= 15 is 0 Å². The molecular weight excluding hydrogens is 340 g/mol. The lowest BCUT2D eigenvalue weighted by molar-refractivity contribution is -0.129. The average molecular weight is 365 g/mol. The number of amides is 1. The summed E-state index contributed by atoms with van der Waals surface area (Å²) in [5.74, 6) is -0.114. The molecule has 1 aromatic carbocycles. The molecule has 6 nitrogen and oxygen atoms in total. The predicted molar refractivity (Wildman–Crippen MR) is 99.1 cm³/mol. The van der Waals surface area contributed by atoms with Crippen LogP contribution in [0.4, 0.5) is 0 Å². The molecule has 3 N–H and O–H groups in total. The molecule has 0 aliphatic carbocycles. The van der Waals surface area contributed by atoms with Gasteiger partial charge in [0.15, 0.2) is 0 Å². The predicted octanol–water partition coefficient (Wildman–Crippen LogP) is 2.04. The number of aryl methyl sites for hydroxylation is 1. The summed E-state index contributed by atoms with van der Waals surface area (Å²) in [6.45, 7) is 5.48. The van der Waals surface area contributed by atoms with Crippen molar-refractivity contribution in [3.63, 3.8) is 0 Å². The fourth-order valence-electron chi connectivity index (χ4n) is 3.06. The van der Waals surface area contributed by atoms with Gasteiger partial charge in [-0.3, -0.25) is 4.79 Å². The standard InChI is InChI=1S/C18H24N4O2.ClH/c1-13-16(12-20-17(23)18(19)8-10-24-11-9-18)14(2)22(21-13)15-6-4-3-5-7-15;/h3-7H,8-12,19H2,1-2H3,(H,20,23);1H. The largest absolute Gasteiger partial charge is 0.381 e. The maximum Gasteiger partial charge on any atom is 0.240 e. The third kappa shape index (κ3) is 4.03. The molecule has 0 spiro atoms. The minimum atomic E-state index is -0.824. The Morgan fingerprint density at radius 2 is 1.92 bits per heavy atom. The van der Waals surface area contributed by atoms with E-state index in [9.17, 15) is 4.79 Å². The quantitative estimate of drug-likeness (QED) is 0.869. The van der Waals surface area contributed by atoms with Crippen LogP contribution in [-0.4, -0.2) is 34.4 Å². The van der Waals surface area contributed by atoms with Gasteiger partial charge in [0.1, 0.15) is 0 Å². The molecule has 25 heavy (non-hydrogen) atoms. The number of carbonyl (C=O) groups is 1. The van der Waals surface area contributed by atoms with Crippen LogP contribution in [0, 0.1) is 13.8 Å². The lowest BCUT2D eigenvalue weighted by Gasteiger charge is -2.31. The van der Waals surface area contributed by atoms with Crippen molar-refractivity contribution < 1.29 is 9.53 Å². The Morgan fingerprint density at radius 1 is 1.28 bits per heavy atom. The summed E-state index contributed by atoms with van der Waals surface area (Å²) in [6.07, 6.45) is 1.11. The highest BCUT2D eigenvalue weighted by Crippen LogP contribution is 2.20. The van der Waals surface area contributed by atoms with Crippen molar-refractivity contribution in [2.24, 2.45) is 5.73 Å². The van der Waals surface area contributed by atoms with Crippen molar-refractivity contribution in [1.82, 2.24) is 15.1 Å². The van der Waals surface area contributed by atoms with Gasteiger partial charge in [-0.2, -0.15) is 5.10 Å². The van der Waals surface area contributed by atoms with Gasteiger partial charge in [0.25, 0.3) is 0 Å². The zero-order chi connectivity index (χ0) is 17.2. The molecule has 1 aliphatic heterocycles. The summed E-state index contributed by atoms with van der Waals surface area (Å²) in [7, 11) is 0. The SMILES string of the molecule is Cc1nn(-c2ccccc2)c(C)c1CNC(=O)C1(N)CCOCC1.Cl. The summed E-state index contributed by atoms with van der Waals surface area (Å²) < 4.78 is 7.20. The van der Waals surface area contributed by atoms with E-state index in [0.717, 1.165) is 22.6 Å². The van der Waals surface area contributed by atoms with Gasteiger partial charge in [0, 0.05) is 31.0 Å². The van der Waals surface area contributed by atoms with E-state index in [1.165, 1.54) is 0 Å². The normalized spacial score (nSPS) is 16.1. The van der Waals surface area contributed by atoms with E-state index in [1.54, 1.807) is 0 Å². The van der Waals surface area contributed by atoms with Crippen molar-refractivity contribution in [2.75, 3.05) is 13.2 Å². The molecule has 0 unspecified atom stereocenters. The molecule has 136 valence electrons. The zero-order valence-electron chi connectivity index (χ0n) is 14.6. The Morgan fingerprint density at radius 3 is 2.56 bits per heavy atom. The van der Waals surface area contributed by atoms with Gasteiger partial charge in [0.05, 0.1) is 16.9 Å². The second kappa shape index (κ2) is 7.99. The lowest BCUT2D eigenvalue weighted by Crippen LogP contribution is -2.56. The number of halogens is 1. The molecule has 0 radical (unpaired) electrons. The Bertz CT molecular complexity index is 724. The van der Waals surface area contributed by atoms with Crippen LogP contribution in [0.3, 0.4) is 0 Å². The summed E-state index contributed by atoms with van der Waals surface area (Å²) in [4.78, 5) is 12.5. The Hall–Kier alpha value is -1.89. The van der Waals surface area contributed by atoms with Gasteiger partial charge in [-0.15, -0.1) is 12.4 Å². The fraction of sp³-hybridized carbons (Fsp3) is 0.444. The van der Waals surface area contributed by atoms with Crippen LogP contribution in [0.15, 0.2) is 30.3 Å². The summed E-state index contributed by atoms with van der Waals surface area (Å²) in [5.41, 5.74) is 9.38. The van der Waals surface area contributed by atoms with Gasteiger partial charge in [-0.05, 0) is 38.8 Å². The van der Waals surface area contributed by atoms with Crippen LogP contribution >= 0.6 is 12.4 Å². The molecule has 1 saturated heterocycles. The van der Waals surface area contributed by atoms with E-state index in [1.807, 2.05) is 48.9 Å². The molecular formula is C18H25ClN4O2. The highest BCUT2D eigenvalue weighted by atomic mass is 35.5. The number of benzene rings is 1. The number of aromatic nitrogens is 2. The second-order valence-electron chi connectivity index (χ2n) is 6.35. The van der Waals surface area contributed by atoms with Gasteiger partial charge in [0.2, 0.25) is 5.91 Å². The van der Waals surface area contributed by atoms with Gasteiger partial charge in [-0.1, -0.05) is 18.2 Å². The van der Waals surface area contributed by atoms with Crippen molar-refractivity contribution in [3.05, 3.63) is 47.3 Å². The molecule has 1 aromatic heterocycles. The van der Waals surface area contributed by atoms with Crippen LogP contribution in [0.25, 0.3) is 5.69 Å². The van der Waals surface area contributed by atoms with Crippen LogP contribution in [0.5, 0.6) is 0 Å². The third-order valence-electron chi connectivity index (χ3n) is 4.70. The number of ether oxygens (including phenoxy) is 1. The van der Waals surface area contributed by atoms with Crippen molar-refractivity contribution >= 4 is 18.3 Å². The lowest BCUT2D eigenvalue weighted by atomic mass is 9.90. The molecule has 2 aromatic rings. The van der Waals surface area contributed by atoms with Crippen molar-refractivity contribution in [2.45, 2.75) is 38.8 Å². The number of nitrogens with two attached hydrogens (primary N) is 1. The Balaban J connectivity index is 0.00000225. The van der Waals surface area contributed by atoms with Crippen LogP contribution < -0.4 is 11.1 Å². The molecule has 1 aliphatic rings. The fourth-order valence-corrected chi connectivity index (χ4v) is 3.06. The maximum atomic E-state index is 12.5. The average Bonchev–Trinajstić information content (AvgIpc) is 2.88. The molecule has 1 amide bonds. The molecule has 3 rings (SSSR count). The second-order valence-corrected chi connectivity index (χ2v) is 6.35. The van der Waals surface area contributed by atoms with Crippen molar-refractivity contribution in [3.8, 4) is 5.69 Å². The number of para-hydroxylation sites is 1. The van der Waals surface area contributed by atoms with Gasteiger partial charge in [-0.25, -0.2) is 4.68 Å². The Kier molecular flexibility index (Phi) is 6.21. The smallest absolute Gasteiger partial charge is 0.240 e. The number of carbonyl (C=O) groups excluding carboxylic acids is 1. The zero-order valence-corrected chi connectivity index (χ0v) is 15.4. The topological polar surface area (TPSA) is 82.2 Å². The molecule has 0 atom stereocenters. The number of hydrogen-bond donors (Lipinski definition) is 2. The van der Waals surface area contributed by atoms with E-state index in [2.05, 4.69) is 10.4 Å². The Labute approximate surface area is 154 Å².